The highest BCUT2D eigenvalue weighted by atomic mass is 16.5. The Morgan fingerprint density at radius 1 is 1.08 bits per heavy atom. The molecule has 1 aliphatic rings. The molecule has 5 heteroatoms. The van der Waals surface area contributed by atoms with Crippen molar-refractivity contribution in [2.24, 2.45) is 0 Å². The lowest BCUT2D eigenvalue weighted by atomic mass is 9.93. The second kappa shape index (κ2) is 7.20. The molecule has 0 saturated carbocycles. The van der Waals surface area contributed by atoms with Crippen LogP contribution in [0, 0.1) is 6.92 Å². The summed E-state index contributed by atoms with van der Waals surface area (Å²) < 4.78 is 5.16. The maximum atomic E-state index is 12.9. The Balaban J connectivity index is 1.69. The number of hydrogen-bond acceptors (Lipinski definition) is 3. The summed E-state index contributed by atoms with van der Waals surface area (Å²) in [5, 5.41) is 2.88. The monoisotopic (exact) mass is 352 g/mol. The Labute approximate surface area is 154 Å². The zero-order valence-electron chi connectivity index (χ0n) is 15.4. The molecular weight excluding hydrogens is 328 g/mol. The van der Waals surface area contributed by atoms with Gasteiger partial charge >= 0.3 is 6.03 Å². The molecule has 1 saturated heterocycles. The standard InChI is InChI=1S/C21H24N2O3/c1-15-6-4-5-7-17(15)14-23-19(24)21(2,22-20(23)25)13-12-16-8-10-18(26-3)11-9-16/h4-11H,12-14H2,1-3H3,(H,22,25). The van der Waals surface area contributed by atoms with Crippen LogP contribution >= 0.6 is 0 Å². The second-order valence-corrected chi connectivity index (χ2v) is 6.93. The third-order valence-corrected chi connectivity index (χ3v) is 5.01. The van der Waals surface area contributed by atoms with Gasteiger partial charge in [0.05, 0.1) is 13.7 Å². The fraction of sp³-hybridized carbons (Fsp3) is 0.333. The predicted octanol–water partition coefficient (Wildman–Crippen LogP) is 3.45. The molecule has 136 valence electrons. The minimum Gasteiger partial charge on any atom is -0.497 e. The van der Waals surface area contributed by atoms with Crippen LogP contribution in [0.5, 0.6) is 5.75 Å². The molecule has 1 heterocycles. The van der Waals surface area contributed by atoms with Crippen molar-refractivity contribution >= 4 is 11.9 Å². The van der Waals surface area contributed by atoms with Crippen LogP contribution in [0.3, 0.4) is 0 Å². The zero-order valence-corrected chi connectivity index (χ0v) is 15.4. The number of nitrogens with zero attached hydrogens (tertiary/aromatic N) is 1. The van der Waals surface area contributed by atoms with E-state index >= 15 is 0 Å². The molecule has 0 bridgehead atoms. The van der Waals surface area contributed by atoms with Crippen molar-refractivity contribution in [2.75, 3.05) is 7.11 Å². The molecule has 0 spiro atoms. The number of ether oxygens (including phenoxy) is 1. The topological polar surface area (TPSA) is 58.6 Å². The minimum absolute atomic E-state index is 0.167. The Bertz CT molecular complexity index is 816. The summed E-state index contributed by atoms with van der Waals surface area (Å²) >= 11 is 0. The molecule has 0 aliphatic carbocycles. The van der Waals surface area contributed by atoms with Gasteiger partial charge in [0, 0.05) is 0 Å². The van der Waals surface area contributed by atoms with Crippen LogP contribution in [0.15, 0.2) is 48.5 Å². The van der Waals surface area contributed by atoms with Gasteiger partial charge in [-0.15, -0.1) is 0 Å². The van der Waals surface area contributed by atoms with Gasteiger partial charge in [0.25, 0.3) is 5.91 Å². The van der Waals surface area contributed by atoms with Crippen LogP contribution in [0.1, 0.15) is 30.0 Å². The molecule has 1 N–H and O–H groups in total. The summed E-state index contributed by atoms with van der Waals surface area (Å²) in [6, 6.07) is 15.2. The van der Waals surface area contributed by atoms with Gasteiger partial charge in [-0.1, -0.05) is 36.4 Å². The summed E-state index contributed by atoms with van der Waals surface area (Å²) in [5.41, 5.74) is 2.28. The molecule has 0 radical (unpaired) electrons. The van der Waals surface area contributed by atoms with Crippen molar-refractivity contribution < 1.29 is 14.3 Å². The number of imide groups is 1. The third-order valence-electron chi connectivity index (χ3n) is 5.01. The van der Waals surface area contributed by atoms with E-state index < -0.39 is 5.54 Å². The lowest BCUT2D eigenvalue weighted by Gasteiger charge is -2.22. The summed E-state index contributed by atoms with van der Waals surface area (Å²) in [5.74, 6) is 0.633. The Morgan fingerprint density at radius 3 is 2.42 bits per heavy atom. The van der Waals surface area contributed by atoms with Crippen molar-refractivity contribution in [3.8, 4) is 5.75 Å². The van der Waals surface area contributed by atoms with Crippen LogP contribution in [-0.4, -0.2) is 29.5 Å². The van der Waals surface area contributed by atoms with E-state index in [0.717, 1.165) is 22.4 Å². The number of carbonyl (C=O) groups excluding carboxylic acids is 2. The van der Waals surface area contributed by atoms with Crippen molar-refractivity contribution in [1.29, 1.82) is 0 Å². The predicted molar refractivity (Wildman–Crippen MR) is 100.0 cm³/mol. The fourth-order valence-corrected chi connectivity index (χ4v) is 3.20. The lowest BCUT2D eigenvalue weighted by molar-refractivity contribution is -0.131. The molecule has 0 aromatic heterocycles. The van der Waals surface area contributed by atoms with Crippen LogP contribution in [0.2, 0.25) is 0 Å². The molecular formula is C21H24N2O3. The molecule has 1 fully saturated rings. The number of carbonyl (C=O) groups is 2. The first kappa shape index (κ1) is 18.0. The summed E-state index contributed by atoms with van der Waals surface area (Å²) in [7, 11) is 1.63. The van der Waals surface area contributed by atoms with Crippen LogP contribution < -0.4 is 10.1 Å². The first-order chi connectivity index (χ1) is 12.4. The largest absolute Gasteiger partial charge is 0.497 e. The number of nitrogens with one attached hydrogen (secondary N) is 1. The number of hydrogen-bond donors (Lipinski definition) is 1. The molecule has 1 unspecified atom stereocenters. The third kappa shape index (κ3) is 3.57. The normalized spacial score (nSPS) is 19.6. The van der Waals surface area contributed by atoms with Gasteiger partial charge in [-0.05, 0) is 55.5 Å². The molecule has 1 aliphatic heterocycles. The molecule has 2 aromatic carbocycles. The van der Waals surface area contributed by atoms with Gasteiger partial charge in [0.15, 0.2) is 0 Å². The average molecular weight is 352 g/mol. The van der Waals surface area contributed by atoms with E-state index in [1.807, 2.05) is 55.5 Å². The molecule has 2 aromatic rings. The van der Waals surface area contributed by atoms with Crippen molar-refractivity contribution in [3.63, 3.8) is 0 Å². The summed E-state index contributed by atoms with van der Waals surface area (Å²) in [4.78, 5) is 26.6. The molecule has 1 atom stereocenters. The number of methoxy groups -OCH3 is 1. The van der Waals surface area contributed by atoms with E-state index in [1.165, 1.54) is 4.90 Å². The van der Waals surface area contributed by atoms with E-state index in [1.54, 1.807) is 14.0 Å². The van der Waals surface area contributed by atoms with Gasteiger partial charge in [-0.2, -0.15) is 0 Å². The lowest BCUT2D eigenvalue weighted by Crippen LogP contribution is -2.44. The van der Waals surface area contributed by atoms with Gasteiger partial charge in [-0.25, -0.2) is 4.79 Å². The minimum atomic E-state index is -0.875. The highest BCUT2D eigenvalue weighted by Crippen LogP contribution is 2.26. The van der Waals surface area contributed by atoms with E-state index in [0.29, 0.717) is 19.4 Å². The van der Waals surface area contributed by atoms with E-state index in [2.05, 4.69) is 5.32 Å². The quantitative estimate of drug-likeness (QED) is 0.810. The number of benzene rings is 2. The van der Waals surface area contributed by atoms with Crippen molar-refractivity contribution in [2.45, 2.75) is 38.8 Å². The zero-order chi connectivity index (χ0) is 18.7. The summed E-state index contributed by atoms with van der Waals surface area (Å²) in [6.45, 7) is 4.08. The second-order valence-electron chi connectivity index (χ2n) is 6.93. The highest BCUT2D eigenvalue weighted by Gasteiger charge is 2.47. The maximum absolute atomic E-state index is 12.9. The van der Waals surface area contributed by atoms with Crippen molar-refractivity contribution in [3.05, 3.63) is 65.2 Å². The number of amides is 3. The van der Waals surface area contributed by atoms with Crippen molar-refractivity contribution in [1.82, 2.24) is 10.2 Å². The van der Waals surface area contributed by atoms with Crippen LogP contribution in [0.25, 0.3) is 0 Å². The summed E-state index contributed by atoms with van der Waals surface area (Å²) in [6.07, 6.45) is 1.25. The first-order valence-corrected chi connectivity index (χ1v) is 8.74. The smallest absolute Gasteiger partial charge is 0.325 e. The van der Waals surface area contributed by atoms with E-state index in [9.17, 15) is 9.59 Å². The number of rotatable bonds is 6. The Hall–Kier alpha value is -2.82. The van der Waals surface area contributed by atoms with Gasteiger partial charge in [-0.3, -0.25) is 9.69 Å². The average Bonchev–Trinajstić information content (AvgIpc) is 2.86. The molecule has 5 nitrogen and oxygen atoms in total. The number of aryl methyl sites for hydroxylation is 2. The Morgan fingerprint density at radius 2 is 1.77 bits per heavy atom. The Kier molecular flexibility index (Phi) is 4.98. The van der Waals surface area contributed by atoms with Gasteiger partial charge < -0.3 is 10.1 Å². The number of urea groups is 1. The van der Waals surface area contributed by atoms with Gasteiger partial charge in [0.2, 0.25) is 0 Å². The van der Waals surface area contributed by atoms with Crippen LogP contribution in [-0.2, 0) is 17.8 Å². The SMILES string of the molecule is COc1ccc(CCC2(C)NC(=O)N(Cc3ccccc3C)C2=O)cc1. The maximum Gasteiger partial charge on any atom is 0.325 e. The van der Waals surface area contributed by atoms with E-state index in [4.69, 9.17) is 4.74 Å². The molecule has 3 amide bonds. The molecule has 26 heavy (non-hydrogen) atoms. The first-order valence-electron chi connectivity index (χ1n) is 8.74. The van der Waals surface area contributed by atoms with Gasteiger partial charge in [0.1, 0.15) is 11.3 Å². The van der Waals surface area contributed by atoms with Crippen LogP contribution in [0.4, 0.5) is 4.79 Å². The molecule has 3 rings (SSSR count). The fourth-order valence-electron chi connectivity index (χ4n) is 3.20. The highest BCUT2D eigenvalue weighted by molar-refractivity contribution is 6.06. The van der Waals surface area contributed by atoms with E-state index in [-0.39, 0.29) is 11.9 Å².